The summed E-state index contributed by atoms with van der Waals surface area (Å²) in [5.41, 5.74) is 1.04. The molecule has 1 aromatic rings. The van der Waals surface area contributed by atoms with Gasteiger partial charge in [0.25, 0.3) is 0 Å². The van der Waals surface area contributed by atoms with Gasteiger partial charge in [0, 0.05) is 19.0 Å². The maximum Gasteiger partial charge on any atom is 0.305 e. The summed E-state index contributed by atoms with van der Waals surface area (Å²) in [6.07, 6.45) is 6.99. The standard InChI is InChI=1S/C21H30N2O4/c1-26-20(24)7-4-12-27-17-10-8-15(9-11-17)14-22-21(25)19-13-16-5-2-3-6-18(16)23-19/h8-11,16,18-19,23H,2-7,12-14H2,1H3,(H,22,25). The van der Waals surface area contributed by atoms with Crippen LogP contribution in [-0.2, 0) is 20.9 Å². The van der Waals surface area contributed by atoms with Crippen molar-refractivity contribution in [2.24, 2.45) is 5.92 Å². The molecule has 0 radical (unpaired) electrons. The lowest BCUT2D eigenvalue weighted by Gasteiger charge is -2.24. The molecular weight excluding hydrogens is 344 g/mol. The van der Waals surface area contributed by atoms with Crippen LogP contribution in [0.1, 0.15) is 50.5 Å². The van der Waals surface area contributed by atoms with Gasteiger partial charge in [-0.1, -0.05) is 25.0 Å². The third-order valence-electron chi connectivity index (χ3n) is 5.59. The largest absolute Gasteiger partial charge is 0.494 e. The van der Waals surface area contributed by atoms with E-state index in [-0.39, 0.29) is 17.9 Å². The Bertz CT molecular complexity index is 618. The van der Waals surface area contributed by atoms with Gasteiger partial charge in [0.15, 0.2) is 0 Å². The Labute approximate surface area is 161 Å². The van der Waals surface area contributed by atoms with Crippen molar-refractivity contribution in [2.45, 2.75) is 63.6 Å². The predicted octanol–water partition coefficient (Wildman–Crippen LogP) is 2.56. The summed E-state index contributed by atoms with van der Waals surface area (Å²) in [6.45, 7) is 0.996. The van der Waals surface area contributed by atoms with E-state index >= 15 is 0 Å². The van der Waals surface area contributed by atoms with Crippen molar-refractivity contribution >= 4 is 11.9 Å². The van der Waals surface area contributed by atoms with E-state index in [0.29, 0.717) is 38.0 Å². The van der Waals surface area contributed by atoms with Crippen LogP contribution in [0.15, 0.2) is 24.3 Å². The molecule has 3 atom stereocenters. The molecule has 1 aromatic carbocycles. The number of nitrogens with one attached hydrogen (secondary N) is 2. The zero-order chi connectivity index (χ0) is 19.1. The number of amides is 1. The van der Waals surface area contributed by atoms with E-state index < -0.39 is 0 Å². The minimum absolute atomic E-state index is 0.0458. The number of carbonyl (C=O) groups is 2. The molecule has 2 N–H and O–H groups in total. The smallest absolute Gasteiger partial charge is 0.305 e. The average Bonchev–Trinajstić information content (AvgIpc) is 3.14. The van der Waals surface area contributed by atoms with Crippen LogP contribution in [0, 0.1) is 5.92 Å². The fourth-order valence-electron chi connectivity index (χ4n) is 4.05. The van der Waals surface area contributed by atoms with E-state index in [1.165, 1.54) is 32.8 Å². The molecule has 6 nitrogen and oxygen atoms in total. The van der Waals surface area contributed by atoms with Crippen LogP contribution < -0.4 is 15.4 Å². The minimum Gasteiger partial charge on any atom is -0.494 e. The molecule has 3 unspecified atom stereocenters. The average molecular weight is 374 g/mol. The van der Waals surface area contributed by atoms with Crippen molar-refractivity contribution in [3.63, 3.8) is 0 Å². The van der Waals surface area contributed by atoms with Crippen LogP contribution in [0.4, 0.5) is 0 Å². The van der Waals surface area contributed by atoms with Gasteiger partial charge in [-0.2, -0.15) is 0 Å². The highest BCUT2D eigenvalue weighted by atomic mass is 16.5. The highest BCUT2D eigenvalue weighted by Crippen LogP contribution is 2.33. The Morgan fingerprint density at radius 3 is 2.70 bits per heavy atom. The second-order valence-electron chi connectivity index (χ2n) is 7.50. The first kappa shape index (κ1) is 19.7. The Hall–Kier alpha value is -2.08. The second kappa shape index (κ2) is 9.74. The summed E-state index contributed by atoms with van der Waals surface area (Å²) >= 11 is 0. The van der Waals surface area contributed by atoms with Crippen molar-refractivity contribution < 1.29 is 19.1 Å². The number of rotatable bonds is 8. The van der Waals surface area contributed by atoms with Crippen molar-refractivity contribution in [1.82, 2.24) is 10.6 Å². The van der Waals surface area contributed by atoms with Gasteiger partial charge < -0.3 is 20.1 Å². The molecule has 1 aliphatic carbocycles. The van der Waals surface area contributed by atoms with Gasteiger partial charge in [0.1, 0.15) is 5.75 Å². The zero-order valence-corrected chi connectivity index (χ0v) is 16.0. The van der Waals surface area contributed by atoms with E-state index in [0.717, 1.165) is 17.7 Å². The number of esters is 1. The van der Waals surface area contributed by atoms with Gasteiger partial charge in [0.05, 0.1) is 19.8 Å². The number of ether oxygens (including phenoxy) is 2. The number of methoxy groups -OCH3 is 1. The Balaban J connectivity index is 1.37. The maximum absolute atomic E-state index is 12.4. The van der Waals surface area contributed by atoms with Gasteiger partial charge in [-0.25, -0.2) is 0 Å². The van der Waals surface area contributed by atoms with Crippen molar-refractivity contribution in [3.05, 3.63) is 29.8 Å². The van der Waals surface area contributed by atoms with E-state index in [4.69, 9.17) is 4.74 Å². The van der Waals surface area contributed by atoms with Gasteiger partial charge >= 0.3 is 5.97 Å². The molecule has 2 fully saturated rings. The van der Waals surface area contributed by atoms with Crippen molar-refractivity contribution in [2.75, 3.05) is 13.7 Å². The first-order valence-electron chi connectivity index (χ1n) is 9.98. The Kier molecular flexibility index (Phi) is 7.10. The summed E-state index contributed by atoms with van der Waals surface area (Å²) in [5, 5.41) is 6.56. The molecule has 0 spiro atoms. The van der Waals surface area contributed by atoms with Crippen LogP contribution in [0.5, 0.6) is 5.75 Å². The molecule has 0 bridgehead atoms. The van der Waals surface area contributed by atoms with Crippen LogP contribution in [0.25, 0.3) is 0 Å². The van der Waals surface area contributed by atoms with E-state index in [1.54, 1.807) is 0 Å². The van der Waals surface area contributed by atoms with E-state index in [9.17, 15) is 9.59 Å². The fourth-order valence-corrected chi connectivity index (χ4v) is 4.05. The molecule has 1 amide bonds. The van der Waals surface area contributed by atoms with Gasteiger partial charge in [-0.05, 0) is 49.3 Å². The lowest BCUT2D eigenvalue weighted by atomic mass is 9.85. The molecule has 1 heterocycles. The summed E-state index contributed by atoms with van der Waals surface area (Å²) < 4.78 is 10.2. The van der Waals surface area contributed by atoms with Crippen LogP contribution >= 0.6 is 0 Å². The molecule has 1 saturated heterocycles. The van der Waals surface area contributed by atoms with Crippen LogP contribution in [0.2, 0.25) is 0 Å². The first-order valence-corrected chi connectivity index (χ1v) is 9.98. The van der Waals surface area contributed by atoms with Crippen molar-refractivity contribution in [1.29, 1.82) is 0 Å². The third-order valence-corrected chi connectivity index (χ3v) is 5.59. The molecule has 148 valence electrons. The highest BCUT2D eigenvalue weighted by molar-refractivity contribution is 5.82. The zero-order valence-electron chi connectivity index (χ0n) is 16.0. The van der Waals surface area contributed by atoms with E-state index in [1.807, 2.05) is 24.3 Å². The lowest BCUT2D eigenvalue weighted by Crippen LogP contribution is -2.42. The highest BCUT2D eigenvalue weighted by Gasteiger charge is 2.37. The molecule has 3 rings (SSSR count). The number of carbonyl (C=O) groups excluding carboxylic acids is 2. The summed E-state index contributed by atoms with van der Waals surface area (Å²) in [5.74, 6) is 1.31. The molecule has 0 aromatic heterocycles. The Morgan fingerprint density at radius 2 is 1.96 bits per heavy atom. The van der Waals surface area contributed by atoms with Gasteiger partial charge in [-0.3, -0.25) is 9.59 Å². The first-order chi connectivity index (χ1) is 13.2. The minimum atomic E-state index is -0.222. The molecule has 6 heteroatoms. The SMILES string of the molecule is COC(=O)CCCOc1ccc(CNC(=O)C2CC3CCCCC3N2)cc1. The quantitative estimate of drug-likeness (QED) is 0.540. The molecule has 1 saturated carbocycles. The Morgan fingerprint density at radius 1 is 1.19 bits per heavy atom. The normalized spacial score (nSPS) is 24.1. The summed E-state index contributed by atoms with van der Waals surface area (Å²) in [7, 11) is 1.39. The lowest BCUT2D eigenvalue weighted by molar-refractivity contribution is -0.140. The monoisotopic (exact) mass is 374 g/mol. The molecular formula is C21H30N2O4. The third kappa shape index (κ3) is 5.70. The van der Waals surface area contributed by atoms with Crippen LogP contribution in [0.3, 0.4) is 0 Å². The van der Waals surface area contributed by atoms with Gasteiger partial charge in [-0.15, -0.1) is 0 Å². The summed E-state index contributed by atoms with van der Waals surface area (Å²) in [6, 6.07) is 8.18. The maximum atomic E-state index is 12.4. The van der Waals surface area contributed by atoms with Crippen LogP contribution in [-0.4, -0.2) is 37.7 Å². The number of benzene rings is 1. The predicted molar refractivity (Wildman–Crippen MR) is 102 cm³/mol. The molecule has 1 aliphatic heterocycles. The second-order valence-corrected chi connectivity index (χ2v) is 7.50. The van der Waals surface area contributed by atoms with Gasteiger partial charge in [0.2, 0.25) is 5.91 Å². The number of hydrogen-bond acceptors (Lipinski definition) is 5. The summed E-state index contributed by atoms with van der Waals surface area (Å²) in [4.78, 5) is 23.5. The number of hydrogen-bond donors (Lipinski definition) is 2. The fraction of sp³-hybridized carbons (Fsp3) is 0.619. The topological polar surface area (TPSA) is 76.7 Å². The van der Waals surface area contributed by atoms with Crippen molar-refractivity contribution in [3.8, 4) is 5.75 Å². The number of fused-ring (bicyclic) bond motifs is 1. The van der Waals surface area contributed by atoms with E-state index in [2.05, 4.69) is 15.4 Å². The molecule has 2 aliphatic rings. The molecule has 27 heavy (non-hydrogen) atoms.